The van der Waals surface area contributed by atoms with Gasteiger partial charge in [0.1, 0.15) is 0 Å². The average Bonchev–Trinajstić information content (AvgIpc) is 2.97. The first-order valence-electron chi connectivity index (χ1n) is 6.33. The molecule has 0 saturated carbocycles. The van der Waals surface area contributed by atoms with Gasteiger partial charge in [0.15, 0.2) is 5.54 Å². The maximum absolute atomic E-state index is 11.4. The van der Waals surface area contributed by atoms with Gasteiger partial charge in [0, 0.05) is 11.8 Å². The normalized spacial score (nSPS) is 11.2. The first-order valence-corrected chi connectivity index (χ1v) is 6.33. The van der Waals surface area contributed by atoms with Crippen molar-refractivity contribution in [2.75, 3.05) is 7.11 Å². The minimum atomic E-state index is -1.12. The molecule has 0 saturated heterocycles. The predicted molar refractivity (Wildman–Crippen MR) is 76.0 cm³/mol. The first kappa shape index (κ1) is 14.8. The summed E-state index contributed by atoms with van der Waals surface area (Å²) >= 11 is 0. The molecule has 2 rings (SSSR count). The number of carbonyl (C=O) groups is 2. The Balaban J connectivity index is 2.30. The molecule has 0 aliphatic rings. The number of carboxylic acids is 1. The topological polar surface area (TPSA) is 81.4 Å². The first-order chi connectivity index (χ1) is 9.86. The summed E-state index contributed by atoms with van der Waals surface area (Å²) < 4.78 is 6.04. The van der Waals surface area contributed by atoms with Crippen LogP contribution in [0.25, 0.3) is 11.1 Å². The van der Waals surface area contributed by atoms with E-state index in [1.807, 2.05) is 0 Å². The van der Waals surface area contributed by atoms with E-state index in [4.69, 9.17) is 0 Å². The zero-order chi connectivity index (χ0) is 15.6. The summed E-state index contributed by atoms with van der Waals surface area (Å²) in [6.45, 7) is 3.15. The molecule has 1 aromatic heterocycles. The summed E-state index contributed by atoms with van der Waals surface area (Å²) in [6, 6.07) is 6.84. The Morgan fingerprint density at radius 1 is 1.19 bits per heavy atom. The Kier molecular flexibility index (Phi) is 3.80. The largest absolute Gasteiger partial charge is 0.479 e. The number of esters is 1. The second-order valence-electron chi connectivity index (χ2n) is 5.11. The fourth-order valence-electron chi connectivity index (χ4n) is 1.79. The molecule has 0 aliphatic heterocycles. The van der Waals surface area contributed by atoms with E-state index in [-0.39, 0.29) is 0 Å². The predicted octanol–water partition coefficient (Wildman–Crippen LogP) is 2.16. The molecule has 6 heteroatoms. The van der Waals surface area contributed by atoms with Crippen molar-refractivity contribution < 1.29 is 19.4 Å². The molecule has 0 radical (unpaired) electrons. The Morgan fingerprint density at radius 2 is 1.81 bits per heavy atom. The summed E-state index contributed by atoms with van der Waals surface area (Å²) in [5, 5.41) is 13.3. The molecular weight excluding hydrogens is 272 g/mol. The molecule has 6 nitrogen and oxygen atoms in total. The third-order valence-corrected chi connectivity index (χ3v) is 3.32. The van der Waals surface area contributed by atoms with Crippen LogP contribution in [0.2, 0.25) is 0 Å². The SMILES string of the molecule is COC(=O)c1ccc(-c2cnn(C(C)(C)C(=O)O)c2)cc1. The molecule has 0 spiro atoms. The van der Waals surface area contributed by atoms with Gasteiger partial charge in [0.05, 0.1) is 18.9 Å². The van der Waals surface area contributed by atoms with Crippen molar-refractivity contribution in [3.05, 3.63) is 42.2 Å². The third-order valence-electron chi connectivity index (χ3n) is 3.32. The van der Waals surface area contributed by atoms with Crippen molar-refractivity contribution in [2.45, 2.75) is 19.4 Å². The lowest BCUT2D eigenvalue weighted by atomic mass is 10.1. The number of benzene rings is 1. The highest BCUT2D eigenvalue weighted by Gasteiger charge is 2.30. The van der Waals surface area contributed by atoms with Crippen LogP contribution in [0, 0.1) is 0 Å². The van der Waals surface area contributed by atoms with Crippen LogP contribution in [0.5, 0.6) is 0 Å². The average molecular weight is 288 g/mol. The molecule has 2 aromatic rings. The second-order valence-corrected chi connectivity index (χ2v) is 5.11. The highest BCUT2D eigenvalue weighted by molar-refractivity contribution is 5.89. The highest BCUT2D eigenvalue weighted by atomic mass is 16.5. The van der Waals surface area contributed by atoms with Crippen molar-refractivity contribution in [1.82, 2.24) is 9.78 Å². The lowest BCUT2D eigenvalue weighted by Gasteiger charge is -2.19. The second kappa shape index (κ2) is 5.40. The van der Waals surface area contributed by atoms with Crippen LogP contribution >= 0.6 is 0 Å². The Hall–Kier alpha value is -2.63. The van der Waals surface area contributed by atoms with Gasteiger partial charge in [-0.3, -0.25) is 4.68 Å². The van der Waals surface area contributed by atoms with Gasteiger partial charge in [-0.15, -0.1) is 0 Å². The van der Waals surface area contributed by atoms with Crippen LogP contribution < -0.4 is 0 Å². The molecule has 0 aliphatic carbocycles. The van der Waals surface area contributed by atoms with Gasteiger partial charge in [-0.2, -0.15) is 5.10 Å². The smallest absolute Gasteiger partial charge is 0.337 e. The highest BCUT2D eigenvalue weighted by Crippen LogP contribution is 2.23. The number of hydrogen-bond acceptors (Lipinski definition) is 4. The number of methoxy groups -OCH3 is 1. The minimum Gasteiger partial charge on any atom is -0.479 e. The molecule has 0 amide bonds. The van der Waals surface area contributed by atoms with Gasteiger partial charge in [-0.1, -0.05) is 12.1 Å². The van der Waals surface area contributed by atoms with Crippen LogP contribution in [0.3, 0.4) is 0 Å². The zero-order valence-corrected chi connectivity index (χ0v) is 12.0. The van der Waals surface area contributed by atoms with Gasteiger partial charge in [-0.25, -0.2) is 9.59 Å². The quantitative estimate of drug-likeness (QED) is 0.872. The number of aliphatic carboxylic acids is 1. The number of carbonyl (C=O) groups excluding carboxylic acids is 1. The fraction of sp³-hybridized carbons (Fsp3) is 0.267. The van der Waals surface area contributed by atoms with E-state index >= 15 is 0 Å². The maximum Gasteiger partial charge on any atom is 0.337 e. The number of nitrogens with zero attached hydrogens (tertiary/aromatic N) is 2. The fourth-order valence-corrected chi connectivity index (χ4v) is 1.79. The van der Waals surface area contributed by atoms with Gasteiger partial charge in [0.25, 0.3) is 0 Å². The van der Waals surface area contributed by atoms with E-state index in [0.29, 0.717) is 5.56 Å². The zero-order valence-electron chi connectivity index (χ0n) is 12.0. The lowest BCUT2D eigenvalue weighted by molar-refractivity contribution is -0.146. The van der Waals surface area contributed by atoms with E-state index in [9.17, 15) is 14.7 Å². The van der Waals surface area contributed by atoms with Crippen LogP contribution in [0.4, 0.5) is 0 Å². The molecule has 110 valence electrons. The third kappa shape index (κ3) is 2.79. The van der Waals surface area contributed by atoms with Crippen molar-refractivity contribution >= 4 is 11.9 Å². The van der Waals surface area contributed by atoms with E-state index in [2.05, 4.69) is 9.84 Å². The van der Waals surface area contributed by atoms with E-state index < -0.39 is 17.5 Å². The van der Waals surface area contributed by atoms with Crippen LogP contribution in [-0.4, -0.2) is 33.9 Å². The number of hydrogen-bond donors (Lipinski definition) is 1. The van der Waals surface area contributed by atoms with Gasteiger partial charge in [-0.05, 0) is 31.5 Å². The van der Waals surface area contributed by atoms with Crippen molar-refractivity contribution in [2.24, 2.45) is 0 Å². The van der Waals surface area contributed by atoms with E-state index in [1.54, 1.807) is 50.5 Å². The monoisotopic (exact) mass is 288 g/mol. The van der Waals surface area contributed by atoms with Gasteiger partial charge < -0.3 is 9.84 Å². The Labute approximate surface area is 122 Å². The summed E-state index contributed by atoms with van der Waals surface area (Å²) in [7, 11) is 1.33. The molecular formula is C15H16N2O4. The standard InChI is InChI=1S/C15H16N2O4/c1-15(2,14(19)20)17-9-12(8-16-17)10-4-6-11(7-5-10)13(18)21-3/h4-9H,1-3H3,(H,19,20). The Bertz CT molecular complexity index is 671. The van der Waals surface area contributed by atoms with E-state index in [1.165, 1.54) is 11.8 Å². The molecule has 0 atom stereocenters. The lowest BCUT2D eigenvalue weighted by Crippen LogP contribution is -2.35. The van der Waals surface area contributed by atoms with Crippen molar-refractivity contribution in [3.8, 4) is 11.1 Å². The number of rotatable bonds is 4. The minimum absolute atomic E-state index is 0.399. The number of carboxylic acid groups (broad SMARTS) is 1. The number of ether oxygens (including phenoxy) is 1. The molecule has 21 heavy (non-hydrogen) atoms. The maximum atomic E-state index is 11.4. The van der Waals surface area contributed by atoms with Gasteiger partial charge in [0.2, 0.25) is 0 Å². The summed E-state index contributed by atoms with van der Waals surface area (Å²) in [5.74, 6) is -1.36. The van der Waals surface area contributed by atoms with Crippen molar-refractivity contribution in [1.29, 1.82) is 0 Å². The molecule has 0 fully saturated rings. The molecule has 1 N–H and O–H groups in total. The number of aromatic nitrogens is 2. The summed E-state index contributed by atoms with van der Waals surface area (Å²) in [5.41, 5.74) is 0.958. The van der Waals surface area contributed by atoms with E-state index in [0.717, 1.165) is 11.1 Å². The molecule has 0 unspecified atom stereocenters. The Morgan fingerprint density at radius 3 is 2.33 bits per heavy atom. The molecule has 1 heterocycles. The van der Waals surface area contributed by atoms with Gasteiger partial charge >= 0.3 is 11.9 Å². The summed E-state index contributed by atoms with van der Waals surface area (Å²) in [6.07, 6.45) is 3.26. The van der Waals surface area contributed by atoms with Crippen LogP contribution in [-0.2, 0) is 15.1 Å². The van der Waals surface area contributed by atoms with Crippen molar-refractivity contribution in [3.63, 3.8) is 0 Å². The molecule has 1 aromatic carbocycles. The summed E-state index contributed by atoms with van der Waals surface area (Å²) in [4.78, 5) is 22.6. The van der Waals surface area contributed by atoms with Crippen LogP contribution in [0.15, 0.2) is 36.7 Å². The molecule has 0 bridgehead atoms. The van der Waals surface area contributed by atoms with Crippen LogP contribution in [0.1, 0.15) is 24.2 Å².